The molecule has 0 atom stereocenters. The van der Waals surface area contributed by atoms with Gasteiger partial charge in [0.1, 0.15) is 0 Å². The van der Waals surface area contributed by atoms with Crippen molar-refractivity contribution in [3.8, 4) is 12.3 Å². The summed E-state index contributed by atoms with van der Waals surface area (Å²) in [4.78, 5) is 20.9. The number of nitrogens with zero attached hydrogens (tertiary/aromatic N) is 4. The molecule has 0 fully saturated rings. The molecule has 0 saturated heterocycles. The second-order valence-electron chi connectivity index (χ2n) is 6.94. The van der Waals surface area contributed by atoms with E-state index in [1.165, 1.54) is 0 Å². The third kappa shape index (κ3) is 4.74. The Kier molecular flexibility index (Phi) is 5.84. The molecule has 0 amide bonds. The number of aromatic amines is 1. The molecule has 1 heterocycles. The Labute approximate surface area is 169 Å². The van der Waals surface area contributed by atoms with Gasteiger partial charge in [0, 0.05) is 26.3 Å². The summed E-state index contributed by atoms with van der Waals surface area (Å²) in [6, 6.07) is 13.7. The number of hydrogen-bond donors (Lipinski definition) is 2. The van der Waals surface area contributed by atoms with E-state index in [2.05, 4.69) is 25.9 Å². The third-order valence-electron chi connectivity index (χ3n) is 4.44. The molecule has 29 heavy (non-hydrogen) atoms. The molecule has 3 aromatic rings. The van der Waals surface area contributed by atoms with Crippen molar-refractivity contribution in [2.24, 2.45) is 5.10 Å². The van der Waals surface area contributed by atoms with Crippen LogP contribution in [0.2, 0.25) is 0 Å². The number of hydrogen-bond acceptors (Lipinski definition) is 6. The zero-order valence-electron chi connectivity index (χ0n) is 16.8. The summed E-state index contributed by atoms with van der Waals surface area (Å²) >= 11 is 0. The second kappa shape index (κ2) is 8.48. The molecule has 0 aliphatic rings. The Balaban J connectivity index is 1.88. The first-order valence-electron chi connectivity index (χ1n) is 9.17. The number of fused-ring (bicyclic) bond motifs is 1. The van der Waals surface area contributed by atoms with Gasteiger partial charge in [-0.15, -0.1) is 6.42 Å². The van der Waals surface area contributed by atoms with Crippen molar-refractivity contribution in [3.05, 3.63) is 63.9 Å². The van der Waals surface area contributed by atoms with Gasteiger partial charge in [0.2, 0.25) is 5.95 Å². The van der Waals surface area contributed by atoms with E-state index in [9.17, 15) is 4.79 Å². The van der Waals surface area contributed by atoms with Crippen molar-refractivity contribution >= 4 is 28.3 Å². The second-order valence-corrected chi connectivity index (χ2v) is 6.94. The highest BCUT2D eigenvalue weighted by molar-refractivity contribution is 5.98. The van der Waals surface area contributed by atoms with Crippen molar-refractivity contribution in [1.29, 1.82) is 0 Å². The van der Waals surface area contributed by atoms with E-state index in [0.29, 0.717) is 24.0 Å². The van der Waals surface area contributed by atoms with Gasteiger partial charge in [-0.2, -0.15) is 5.10 Å². The average Bonchev–Trinajstić information content (AvgIpc) is 2.67. The van der Waals surface area contributed by atoms with Gasteiger partial charge in [0.15, 0.2) is 0 Å². The summed E-state index contributed by atoms with van der Waals surface area (Å²) in [7, 11) is 3.79. The topological polar surface area (TPSA) is 90.6 Å². The van der Waals surface area contributed by atoms with Crippen LogP contribution in [0.25, 0.3) is 10.9 Å². The zero-order chi connectivity index (χ0) is 21.0. The van der Waals surface area contributed by atoms with Crippen LogP contribution in [0, 0.1) is 12.3 Å². The molecular weight excluding hydrogens is 364 g/mol. The number of nitrogen functional groups attached to an aromatic ring is 1. The first-order valence-corrected chi connectivity index (χ1v) is 9.17. The monoisotopic (exact) mass is 388 g/mol. The molecule has 7 nitrogen and oxygen atoms in total. The molecule has 0 unspecified atom stereocenters. The molecule has 3 N–H and O–H groups in total. The fourth-order valence-electron chi connectivity index (χ4n) is 3.14. The summed E-state index contributed by atoms with van der Waals surface area (Å²) in [5, 5.41) is 6.70. The number of anilines is 2. The fourth-order valence-corrected chi connectivity index (χ4v) is 3.14. The Morgan fingerprint density at radius 2 is 1.97 bits per heavy atom. The minimum Gasteiger partial charge on any atom is -0.369 e. The van der Waals surface area contributed by atoms with E-state index in [1.807, 2.05) is 57.4 Å². The SMILES string of the molecule is C#CCN(Cc1ccc2nc(N)[nH]c(=O)c2c1)c1ccc(/C(C)=N/N(C)C)cc1. The molecule has 0 spiro atoms. The number of H-pyrrole nitrogens is 1. The van der Waals surface area contributed by atoms with Crippen molar-refractivity contribution < 1.29 is 0 Å². The number of hydrazone groups is 1. The molecule has 148 valence electrons. The summed E-state index contributed by atoms with van der Waals surface area (Å²) in [5.74, 6) is 2.81. The average molecular weight is 388 g/mol. The van der Waals surface area contributed by atoms with Crippen LogP contribution in [0.3, 0.4) is 0 Å². The largest absolute Gasteiger partial charge is 0.369 e. The number of rotatable bonds is 6. The lowest BCUT2D eigenvalue weighted by atomic mass is 10.1. The van der Waals surface area contributed by atoms with Crippen LogP contribution < -0.4 is 16.2 Å². The van der Waals surface area contributed by atoms with Gasteiger partial charge in [-0.25, -0.2) is 4.98 Å². The van der Waals surface area contributed by atoms with Gasteiger partial charge in [0.05, 0.1) is 23.2 Å². The van der Waals surface area contributed by atoms with E-state index in [0.717, 1.165) is 22.5 Å². The molecule has 0 saturated carbocycles. The van der Waals surface area contributed by atoms with Gasteiger partial charge >= 0.3 is 0 Å². The maximum atomic E-state index is 12.2. The Bertz CT molecular complexity index is 1140. The predicted molar refractivity (Wildman–Crippen MR) is 119 cm³/mol. The van der Waals surface area contributed by atoms with Crippen LogP contribution >= 0.6 is 0 Å². The quantitative estimate of drug-likeness (QED) is 0.384. The van der Waals surface area contributed by atoms with Gasteiger partial charge in [-0.1, -0.05) is 24.1 Å². The molecule has 0 bridgehead atoms. The minimum atomic E-state index is -0.252. The van der Waals surface area contributed by atoms with Gasteiger partial charge in [-0.3, -0.25) is 9.78 Å². The smallest absolute Gasteiger partial charge is 0.260 e. The highest BCUT2D eigenvalue weighted by Crippen LogP contribution is 2.20. The lowest BCUT2D eigenvalue weighted by Crippen LogP contribution is -2.23. The van der Waals surface area contributed by atoms with Crippen molar-refractivity contribution in [2.45, 2.75) is 13.5 Å². The van der Waals surface area contributed by atoms with Crippen LogP contribution in [0.4, 0.5) is 11.6 Å². The highest BCUT2D eigenvalue weighted by Gasteiger charge is 2.10. The Morgan fingerprint density at radius 3 is 2.62 bits per heavy atom. The molecule has 2 aromatic carbocycles. The maximum absolute atomic E-state index is 12.2. The van der Waals surface area contributed by atoms with Crippen molar-refractivity contribution in [2.75, 3.05) is 31.3 Å². The fraction of sp³-hybridized carbons (Fsp3) is 0.227. The molecule has 3 rings (SSSR count). The van der Waals surface area contributed by atoms with E-state index < -0.39 is 0 Å². The van der Waals surface area contributed by atoms with Crippen LogP contribution in [-0.4, -0.2) is 41.3 Å². The minimum absolute atomic E-state index is 0.109. The van der Waals surface area contributed by atoms with E-state index in [4.69, 9.17) is 12.2 Å². The third-order valence-corrected chi connectivity index (χ3v) is 4.44. The first-order chi connectivity index (χ1) is 13.9. The predicted octanol–water partition coefficient (Wildman–Crippen LogP) is 2.43. The molecule has 0 radical (unpaired) electrons. The van der Waals surface area contributed by atoms with E-state index in [1.54, 1.807) is 11.1 Å². The summed E-state index contributed by atoms with van der Waals surface area (Å²) in [6.45, 7) is 2.98. The zero-order valence-corrected chi connectivity index (χ0v) is 16.8. The van der Waals surface area contributed by atoms with Gasteiger partial charge in [-0.05, 0) is 42.3 Å². The molecule has 0 aliphatic heterocycles. The first kappa shape index (κ1) is 20.0. The van der Waals surface area contributed by atoms with Crippen LogP contribution in [0.15, 0.2) is 52.4 Å². The van der Waals surface area contributed by atoms with Gasteiger partial charge in [0.25, 0.3) is 5.56 Å². The molecule has 7 heteroatoms. The number of nitrogens with two attached hydrogens (primary N) is 1. The van der Waals surface area contributed by atoms with Crippen molar-refractivity contribution in [3.63, 3.8) is 0 Å². The number of benzene rings is 2. The standard InChI is InChI=1S/C22H24N6O/c1-5-12-28(18-9-7-17(8-10-18)15(2)26-27(3)4)14-16-6-11-20-19(13-16)21(29)25-22(23)24-20/h1,6-11,13H,12,14H2,2-4H3,(H3,23,24,25,29)/b26-15+. The van der Waals surface area contributed by atoms with E-state index >= 15 is 0 Å². The molecule has 1 aromatic heterocycles. The Morgan fingerprint density at radius 1 is 1.24 bits per heavy atom. The maximum Gasteiger partial charge on any atom is 0.260 e. The van der Waals surface area contributed by atoms with E-state index in [-0.39, 0.29) is 11.5 Å². The number of terminal acetylenes is 1. The van der Waals surface area contributed by atoms with Crippen LogP contribution in [0.1, 0.15) is 18.1 Å². The molecule has 0 aliphatic carbocycles. The summed E-state index contributed by atoms with van der Waals surface area (Å²) in [6.07, 6.45) is 5.59. The lowest BCUT2D eigenvalue weighted by Gasteiger charge is -2.23. The molecular formula is C22H24N6O. The highest BCUT2D eigenvalue weighted by atomic mass is 16.1. The van der Waals surface area contributed by atoms with Crippen LogP contribution in [-0.2, 0) is 6.54 Å². The summed E-state index contributed by atoms with van der Waals surface area (Å²) in [5.41, 5.74) is 9.86. The number of nitrogens with one attached hydrogen (secondary N) is 1. The lowest BCUT2D eigenvalue weighted by molar-refractivity contribution is 0.438. The van der Waals surface area contributed by atoms with Crippen LogP contribution in [0.5, 0.6) is 0 Å². The van der Waals surface area contributed by atoms with Crippen molar-refractivity contribution in [1.82, 2.24) is 15.0 Å². The normalized spacial score (nSPS) is 11.3. The van der Waals surface area contributed by atoms with Gasteiger partial charge < -0.3 is 15.6 Å². The number of aromatic nitrogens is 2. The Hall–Kier alpha value is -3.79. The summed E-state index contributed by atoms with van der Waals surface area (Å²) < 4.78 is 0.